The number of alkyl halides is 3. The molecule has 31 heavy (non-hydrogen) atoms. The van der Waals surface area contributed by atoms with Crippen LogP contribution < -0.4 is 0 Å². The van der Waals surface area contributed by atoms with Gasteiger partial charge in [-0.1, -0.05) is 5.16 Å². The van der Waals surface area contributed by atoms with Gasteiger partial charge in [0, 0.05) is 25.0 Å². The van der Waals surface area contributed by atoms with Crippen molar-refractivity contribution in [3.8, 4) is 0 Å². The quantitative estimate of drug-likeness (QED) is 0.471. The van der Waals surface area contributed by atoms with E-state index >= 15 is 0 Å². The standard InChI is InChI=1S/C21H20F3N5O2/c1-11-7-14(5-6-30-11)29-19(9-18-26-12(2)31-28-18)27-17-10-25-16-4-3-13(21(22,23)24)8-15(16)20(17)29/h3-4,8,10-11,14H,5-7,9H2,1-2H3/t11-,14-/m1/s1. The van der Waals surface area contributed by atoms with Crippen molar-refractivity contribution in [2.24, 2.45) is 0 Å². The molecule has 1 aromatic carbocycles. The van der Waals surface area contributed by atoms with Gasteiger partial charge in [-0.25, -0.2) is 4.98 Å². The average Bonchev–Trinajstić information content (AvgIpc) is 3.30. The van der Waals surface area contributed by atoms with Crippen molar-refractivity contribution in [1.29, 1.82) is 0 Å². The summed E-state index contributed by atoms with van der Waals surface area (Å²) in [7, 11) is 0. The van der Waals surface area contributed by atoms with Gasteiger partial charge in [-0.15, -0.1) is 0 Å². The van der Waals surface area contributed by atoms with Crippen LogP contribution in [0.2, 0.25) is 0 Å². The molecule has 3 aromatic heterocycles. The smallest absolute Gasteiger partial charge is 0.378 e. The first-order valence-electron chi connectivity index (χ1n) is 10.1. The van der Waals surface area contributed by atoms with Crippen LogP contribution in [0.4, 0.5) is 13.2 Å². The Morgan fingerprint density at radius 2 is 2.03 bits per heavy atom. The number of fused-ring (bicyclic) bond motifs is 3. The van der Waals surface area contributed by atoms with Crippen LogP contribution in [0.5, 0.6) is 0 Å². The van der Waals surface area contributed by atoms with Crippen LogP contribution in [0.25, 0.3) is 21.9 Å². The molecule has 0 spiro atoms. The van der Waals surface area contributed by atoms with Gasteiger partial charge in [0.25, 0.3) is 0 Å². The molecule has 0 radical (unpaired) electrons. The summed E-state index contributed by atoms with van der Waals surface area (Å²) in [6.07, 6.45) is -1.04. The van der Waals surface area contributed by atoms with E-state index in [2.05, 4.69) is 15.1 Å². The monoisotopic (exact) mass is 431 g/mol. The summed E-state index contributed by atoms with van der Waals surface area (Å²) in [6.45, 7) is 4.27. The molecule has 0 bridgehead atoms. The second kappa shape index (κ2) is 7.30. The Morgan fingerprint density at radius 3 is 2.74 bits per heavy atom. The number of aryl methyl sites for hydroxylation is 1. The Hall–Kier alpha value is -3.01. The number of aromatic nitrogens is 5. The summed E-state index contributed by atoms with van der Waals surface area (Å²) in [6, 6.07) is 3.65. The number of hydrogen-bond acceptors (Lipinski definition) is 6. The summed E-state index contributed by atoms with van der Waals surface area (Å²) in [5.74, 6) is 1.59. The van der Waals surface area contributed by atoms with Crippen LogP contribution >= 0.6 is 0 Å². The Bertz CT molecular complexity index is 1260. The number of rotatable bonds is 3. The van der Waals surface area contributed by atoms with Crippen molar-refractivity contribution in [3.05, 3.63) is 47.5 Å². The number of halogens is 3. The highest BCUT2D eigenvalue weighted by molar-refractivity contribution is 6.02. The van der Waals surface area contributed by atoms with Crippen LogP contribution in [0.15, 0.2) is 28.9 Å². The van der Waals surface area contributed by atoms with E-state index in [1.807, 2.05) is 11.5 Å². The van der Waals surface area contributed by atoms with Gasteiger partial charge >= 0.3 is 6.18 Å². The van der Waals surface area contributed by atoms with Crippen LogP contribution in [-0.4, -0.2) is 37.4 Å². The zero-order valence-corrected chi connectivity index (χ0v) is 17.0. The number of benzene rings is 1. The zero-order valence-electron chi connectivity index (χ0n) is 17.0. The van der Waals surface area contributed by atoms with E-state index < -0.39 is 11.7 Å². The summed E-state index contributed by atoms with van der Waals surface area (Å²) in [5.41, 5.74) is 0.966. The molecular formula is C21H20F3N5O2. The van der Waals surface area contributed by atoms with Gasteiger partial charge in [0.1, 0.15) is 11.3 Å². The van der Waals surface area contributed by atoms with E-state index in [1.165, 1.54) is 6.07 Å². The molecule has 0 aliphatic carbocycles. The lowest BCUT2D eigenvalue weighted by Crippen LogP contribution is -2.26. The third-order valence-electron chi connectivity index (χ3n) is 5.62. The molecule has 0 N–H and O–H groups in total. The van der Waals surface area contributed by atoms with Crippen molar-refractivity contribution in [3.63, 3.8) is 0 Å². The Kier molecular flexibility index (Phi) is 4.69. The minimum Gasteiger partial charge on any atom is -0.378 e. The molecule has 0 unspecified atom stereocenters. The Balaban J connectivity index is 1.75. The molecule has 1 aliphatic rings. The highest BCUT2D eigenvalue weighted by atomic mass is 19.4. The summed E-state index contributed by atoms with van der Waals surface area (Å²) in [5, 5.41) is 4.39. The SMILES string of the molecule is Cc1nc(Cc2nc3cnc4ccc(C(F)(F)F)cc4c3n2[C@@H]2CCO[C@H](C)C2)no1. The average molecular weight is 431 g/mol. The van der Waals surface area contributed by atoms with Crippen molar-refractivity contribution in [2.75, 3.05) is 6.61 Å². The van der Waals surface area contributed by atoms with Gasteiger partial charge in [-0.3, -0.25) is 4.98 Å². The first-order valence-corrected chi connectivity index (χ1v) is 10.1. The molecule has 7 nitrogen and oxygen atoms in total. The molecule has 10 heteroatoms. The highest BCUT2D eigenvalue weighted by Gasteiger charge is 2.32. The van der Waals surface area contributed by atoms with E-state index in [9.17, 15) is 13.2 Å². The van der Waals surface area contributed by atoms with Crippen LogP contribution in [0, 0.1) is 6.92 Å². The maximum absolute atomic E-state index is 13.4. The lowest BCUT2D eigenvalue weighted by molar-refractivity contribution is -0.137. The van der Waals surface area contributed by atoms with E-state index in [4.69, 9.17) is 14.2 Å². The lowest BCUT2D eigenvalue weighted by atomic mass is 10.0. The number of imidazole rings is 1. The van der Waals surface area contributed by atoms with Gasteiger partial charge in [-0.2, -0.15) is 18.2 Å². The fraction of sp³-hybridized carbons (Fsp3) is 0.429. The number of ether oxygens (including phenoxy) is 1. The van der Waals surface area contributed by atoms with Gasteiger partial charge in [0.2, 0.25) is 5.89 Å². The van der Waals surface area contributed by atoms with Gasteiger partial charge in [0.05, 0.1) is 35.3 Å². The van der Waals surface area contributed by atoms with Crippen LogP contribution in [0.3, 0.4) is 0 Å². The summed E-state index contributed by atoms with van der Waals surface area (Å²) >= 11 is 0. The van der Waals surface area contributed by atoms with Gasteiger partial charge in [-0.05, 0) is 38.0 Å². The largest absolute Gasteiger partial charge is 0.416 e. The Labute approximate surface area is 175 Å². The van der Waals surface area contributed by atoms with E-state index in [0.29, 0.717) is 52.5 Å². The topological polar surface area (TPSA) is 78.9 Å². The second-order valence-corrected chi connectivity index (χ2v) is 7.89. The normalized spacial score (nSPS) is 20.0. The third kappa shape index (κ3) is 3.65. The molecule has 2 atom stereocenters. The van der Waals surface area contributed by atoms with E-state index in [1.54, 1.807) is 13.1 Å². The Morgan fingerprint density at radius 1 is 1.19 bits per heavy atom. The molecule has 5 rings (SSSR count). The van der Waals surface area contributed by atoms with Gasteiger partial charge in [0.15, 0.2) is 5.82 Å². The number of nitrogens with zero attached hydrogens (tertiary/aromatic N) is 5. The van der Waals surface area contributed by atoms with Crippen molar-refractivity contribution >= 4 is 21.9 Å². The van der Waals surface area contributed by atoms with Crippen LogP contribution in [0.1, 0.15) is 48.9 Å². The zero-order chi connectivity index (χ0) is 21.8. The molecule has 4 aromatic rings. The third-order valence-corrected chi connectivity index (χ3v) is 5.62. The van der Waals surface area contributed by atoms with E-state index in [-0.39, 0.29) is 12.1 Å². The highest BCUT2D eigenvalue weighted by Crippen LogP contribution is 2.37. The molecule has 1 saturated heterocycles. The number of pyridine rings is 1. The van der Waals surface area contributed by atoms with Crippen molar-refractivity contribution < 1.29 is 22.4 Å². The van der Waals surface area contributed by atoms with Crippen molar-refractivity contribution in [1.82, 2.24) is 24.7 Å². The molecular weight excluding hydrogens is 411 g/mol. The maximum Gasteiger partial charge on any atom is 0.416 e. The fourth-order valence-electron chi connectivity index (χ4n) is 4.28. The predicted octanol–water partition coefficient (Wildman–Crippen LogP) is 4.63. The minimum absolute atomic E-state index is 0.0249. The maximum atomic E-state index is 13.4. The number of hydrogen-bond donors (Lipinski definition) is 0. The fourth-order valence-corrected chi connectivity index (χ4v) is 4.28. The van der Waals surface area contributed by atoms with Gasteiger partial charge < -0.3 is 13.8 Å². The molecule has 4 heterocycles. The predicted molar refractivity (Wildman–Crippen MR) is 106 cm³/mol. The van der Waals surface area contributed by atoms with E-state index in [0.717, 1.165) is 25.0 Å². The molecule has 0 amide bonds. The molecule has 1 aliphatic heterocycles. The molecule has 162 valence electrons. The summed E-state index contributed by atoms with van der Waals surface area (Å²) in [4.78, 5) is 13.3. The molecule has 0 saturated carbocycles. The van der Waals surface area contributed by atoms with Crippen molar-refractivity contribution in [2.45, 2.75) is 51.4 Å². The first-order chi connectivity index (χ1) is 14.8. The summed E-state index contributed by atoms with van der Waals surface area (Å²) < 4.78 is 53.1. The lowest BCUT2D eigenvalue weighted by Gasteiger charge is -2.30. The van der Waals surface area contributed by atoms with Crippen LogP contribution in [-0.2, 0) is 17.3 Å². The molecule has 1 fully saturated rings. The second-order valence-electron chi connectivity index (χ2n) is 7.89. The minimum atomic E-state index is -4.45. The first kappa shape index (κ1) is 19.9.